The second kappa shape index (κ2) is 14.2. The van der Waals surface area contributed by atoms with Gasteiger partial charge in [-0.3, -0.25) is 0 Å². The van der Waals surface area contributed by atoms with E-state index in [1.54, 1.807) is 60.7 Å². The van der Waals surface area contributed by atoms with Crippen LogP contribution in [0.2, 0.25) is 0 Å². The van der Waals surface area contributed by atoms with Gasteiger partial charge in [-0.2, -0.15) is 0 Å². The molecule has 52 heavy (non-hydrogen) atoms. The van der Waals surface area contributed by atoms with Gasteiger partial charge < -0.3 is 0 Å². The second-order valence-corrected chi connectivity index (χ2v) is 17.8. The molecule has 0 saturated carbocycles. The van der Waals surface area contributed by atoms with Crippen molar-refractivity contribution in [1.29, 1.82) is 0 Å². The minimum absolute atomic E-state index is 0.175. The van der Waals surface area contributed by atoms with Crippen LogP contribution in [0.15, 0.2) is 199 Å². The Morgan fingerprint density at radius 1 is 0.385 bits per heavy atom. The fourth-order valence-electron chi connectivity index (χ4n) is 6.52. The predicted molar refractivity (Wildman–Crippen MR) is 210 cm³/mol. The Bertz CT molecular complexity index is 2550. The molecule has 0 aliphatic rings. The topological polar surface area (TPSA) is 78.1 Å². The van der Waals surface area contributed by atoms with E-state index in [-0.39, 0.29) is 22.6 Å². The van der Waals surface area contributed by atoms with Crippen molar-refractivity contribution in [3.05, 3.63) is 181 Å². The third kappa shape index (κ3) is 6.26. The maximum Gasteiger partial charge on any atom is 0.268 e. The summed E-state index contributed by atoms with van der Waals surface area (Å²) in [6.07, 6.45) is 0.470. The molecule has 2 aromatic heterocycles. The van der Waals surface area contributed by atoms with E-state index in [4.69, 9.17) is 0 Å². The Morgan fingerprint density at radius 3 is 1.06 bits per heavy atom. The van der Waals surface area contributed by atoms with Gasteiger partial charge in [0.15, 0.2) is 0 Å². The van der Waals surface area contributed by atoms with Crippen LogP contribution in [-0.4, -0.2) is 24.8 Å². The number of para-hydroxylation sites is 2. The molecular weight excluding hydrogens is 725 g/mol. The molecule has 0 N–H and O–H groups in total. The maximum atomic E-state index is 14.7. The molecule has 0 fully saturated rings. The van der Waals surface area contributed by atoms with Gasteiger partial charge in [-0.25, -0.2) is 24.8 Å². The van der Waals surface area contributed by atoms with Crippen LogP contribution in [0.3, 0.4) is 0 Å². The van der Waals surface area contributed by atoms with Crippen molar-refractivity contribution >= 4 is 65.4 Å². The van der Waals surface area contributed by atoms with E-state index in [1.807, 2.05) is 109 Å². The first-order valence-electron chi connectivity index (χ1n) is 16.7. The number of hydrogen-bond donors (Lipinski definition) is 0. The number of fused-ring (bicyclic) bond motifs is 2. The van der Waals surface area contributed by atoms with E-state index in [2.05, 4.69) is 0 Å². The summed E-state index contributed by atoms with van der Waals surface area (Å²) in [5.41, 5.74) is 2.30. The SMILES string of the molecule is O=S(=O)(c1ccccc1)n1c(CCc2c(Sc3ccccc3)c3ccccc3n2S(=O)(=O)c2ccccc2)c(Sc2ccccc2)c2ccccc21. The summed E-state index contributed by atoms with van der Waals surface area (Å²) < 4.78 is 61.5. The summed E-state index contributed by atoms with van der Waals surface area (Å²) in [5, 5.41) is 1.62. The standard InChI is InChI=1S/C42H32N2O4S4/c45-51(46,33-21-9-3-10-22-33)43-37-27-15-13-25-35(37)41(49-31-17-5-1-6-18-31)39(43)29-30-40-42(50-32-19-7-2-8-20-32)36-26-14-16-28-38(36)44(40)52(47,48)34-23-11-4-12-24-34/h1-28H,29-30H2. The lowest BCUT2D eigenvalue weighted by molar-refractivity contribution is 0.582. The number of aromatic nitrogens is 2. The van der Waals surface area contributed by atoms with Crippen LogP contribution in [0.25, 0.3) is 21.8 Å². The van der Waals surface area contributed by atoms with Crippen LogP contribution in [0.5, 0.6) is 0 Å². The fraction of sp³-hybridized carbons (Fsp3) is 0.0476. The van der Waals surface area contributed by atoms with Crippen LogP contribution in [0.1, 0.15) is 11.4 Å². The van der Waals surface area contributed by atoms with E-state index < -0.39 is 20.0 Å². The van der Waals surface area contributed by atoms with E-state index >= 15 is 0 Å². The lowest BCUT2D eigenvalue weighted by Crippen LogP contribution is -2.19. The van der Waals surface area contributed by atoms with Crippen molar-refractivity contribution in [3.8, 4) is 0 Å². The third-order valence-electron chi connectivity index (χ3n) is 8.84. The Balaban J connectivity index is 1.37. The molecule has 0 saturated heterocycles. The average Bonchev–Trinajstić information content (AvgIpc) is 3.68. The summed E-state index contributed by atoms with van der Waals surface area (Å²) in [4.78, 5) is 3.90. The molecule has 258 valence electrons. The summed E-state index contributed by atoms with van der Waals surface area (Å²) >= 11 is 3.03. The zero-order chi connectivity index (χ0) is 35.7. The Hall–Kier alpha value is -5.00. The van der Waals surface area contributed by atoms with Crippen LogP contribution >= 0.6 is 23.5 Å². The minimum Gasteiger partial charge on any atom is -0.237 e. The van der Waals surface area contributed by atoms with Crippen LogP contribution in [0, 0.1) is 0 Å². The van der Waals surface area contributed by atoms with E-state index in [0.29, 0.717) is 22.4 Å². The Kier molecular flexibility index (Phi) is 9.31. The molecule has 0 aliphatic heterocycles. The zero-order valence-corrected chi connectivity index (χ0v) is 31.0. The molecular formula is C42H32N2O4S4. The van der Waals surface area contributed by atoms with Gasteiger partial charge in [0.25, 0.3) is 20.0 Å². The summed E-state index contributed by atoms with van der Waals surface area (Å²) in [5.74, 6) is 0. The molecule has 0 amide bonds. The van der Waals surface area contributed by atoms with Gasteiger partial charge in [-0.1, -0.05) is 133 Å². The molecule has 0 unspecified atom stereocenters. The number of hydrogen-bond acceptors (Lipinski definition) is 6. The van der Waals surface area contributed by atoms with Crippen LogP contribution in [-0.2, 0) is 32.9 Å². The molecule has 2 heterocycles. The van der Waals surface area contributed by atoms with Gasteiger partial charge in [0.1, 0.15) is 0 Å². The van der Waals surface area contributed by atoms with Crippen molar-refractivity contribution in [3.63, 3.8) is 0 Å². The lowest BCUT2D eigenvalue weighted by atomic mass is 10.1. The molecule has 0 bridgehead atoms. The first-order valence-corrected chi connectivity index (χ1v) is 21.2. The van der Waals surface area contributed by atoms with Gasteiger partial charge in [0.2, 0.25) is 0 Å². The molecule has 6 aromatic carbocycles. The highest BCUT2D eigenvalue weighted by Gasteiger charge is 2.31. The molecule has 8 aromatic rings. The molecule has 0 radical (unpaired) electrons. The number of benzene rings is 6. The predicted octanol–water partition coefficient (Wildman–Crippen LogP) is 10.2. The van der Waals surface area contributed by atoms with Gasteiger partial charge in [0, 0.05) is 41.7 Å². The monoisotopic (exact) mass is 756 g/mol. The zero-order valence-electron chi connectivity index (χ0n) is 27.7. The van der Waals surface area contributed by atoms with Crippen LogP contribution in [0.4, 0.5) is 0 Å². The second-order valence-electron chi connectivity index (χ2n) is 12.1. The maximum absolute atomic E-state index is 14.7. The average molecular weight is 757 g/mol. The number of nitrogens with zero attached hydrogens (tertiary/aromatic N) is 2. The van der Waals surface area contributed by atoms with E-state index in [1.165, 1.54) is 31.5 Å². The van der Waals surface area contributed by atoms with Crippen molar-refractivity contribution in [2.75, 3.05) is 0 Å². The highest BCUT2D eigenvalue weighted by Crippen LogP contribution is 2.44. The summed E-state index contributed by atoms with van der Waals surface area (Å²) in [6, 6.07) is 51.8. The molecule has 0 spiro atoms. The van der Waals surface area contributed by atoms with E-state index in [9.17, 15) is 16.8 Å². The van der Waals surface area contributed by atoms with Crippen molar-refractivity contribution in [2.24, 2.45) is 0 Å². The van der Waals surface area contributed by atoms with Gasteiger partial charge >= 0.3 is 0 Å². The van der Waals surface area contributed by atoms with Crippen LogP contribution < -0.4 is 0 Å². The molecule has 10 heteroatoms. The first-order chi connectivity index (χ1) is 25.3. The normalized spacial score (nSPS) is 12.1. The first kappa shape index (κ1) is 34.1. The number of rotatable bonds is 11. The van der Waals surface area contributed by atoms with Crippen molar-refractivity contribution < 1.29 is 16.8 Å². The molecule has 0 atom stereocenters. The molecule has 8 rings (SSSR count). The van der Waals surface area contributed by atoms with E-state index in [0.717, 1.165) is 30.4 Å². The summed E-state index contributed by atoms with van der Waals surface area (Å²) in [7, 11) is -8.13. The quantitative estimate of drug-likeness (QED) is 0.131. The highest BCUT2D eigenvalue weighted by molar-refractivity contribution is 8.00. The summed E-state index contributed by atoms with van der Waals surface area (Å²) in [6.45, 7) is 0. The molecule has 6 nitrogen and oxygen atoms in total. The fourth-order valence-corrected chi connectivity index (χ4v) is 12.1. The van der Waals surface area contributed by atoms with Gasteiger partial charge in [-0.05, 0) is 73.5 Å². The van der Waals surface area contributed by atoms with Gasteiger partial charge in [0.05, 0.1) is 20.8 Å². The van der Waals surface area contributed by atoms with Crippen molar-refractivity contribution in [2.45, 2.75) is 42.2 Å². The Morgan fingerprint density at radius 2 is 0.692 bits per heavy atom. The third-order valence-corrected chi connectivity index (χ3v) is 14.7. The minimum atomic E-state index is -4.06. The van der Waals surface area contributed by atoms with Gasteiger partial charge in [-0.15, -0.1) is 0 Å². The lowest BCUT2D eigenvalue weighted by Gasteiger charge is -2.16. The smallest absolute Gasteiger partial charge is 0.237 e. The highest BCUT2D eigenvalue weighted by atomic mass is 32.2. The largest absolute Gasteiger partial charge is 0.268 e. The Labute approximate surface area is 311 Å². The van der Waals surface area contributed by atoms with Crippen molar-refractivity contribution in [1.82, 2.24) is 7.94 Å². The molecule has 0 aliphatic carbocycles.